The summed E-state index contributed by atoms with van der Waals surface area (Å²) in [7, 11) is 0. The van der Waals surface area contributed by atoms with E-state index in [4.69, 9.17) is 9.15 Å². The van der Waals surface area contributed by atoms with E-state index in [1.165, 1.54) is 18.4 Å². The summed E-state index contributed by atoms with van der Waals surface area (Å²) in [6.45, 7) is 6.77. The van der Waals surface area contributed by atoms with E-state index in [0.29, 0.717) is 6.04 Å². The third-order valence-corrected chi connectivity index (χ3v) is 4.06. The molecule has 0 aromatic carbocycles. The zero-order valence-corrected chi connectivity index (χ0v) is 11.7. The molecule has 1 unspecified atom stereocenters. The molecule has 4 nitrogen and oxygen atoms in total. The fourth-order valence-corrected chi connectivity index (χ4v) is 2.62. The van der Waals surface area contributed by atoms with E-state index >= 15 is 0 Å². The van der Waals surface area contributed by atoms with E-state index < -0.39 is 0 Å². The molecule has 1 saturated heterocycles. The Bertz CT molecular complexity index is 401. The van der Waals surface area contributed by atoms with E-state index in [1.807, 2.05) is 6.26 Å². The summed E-state index contributed by atoms with van der Waals surface area (Å²) in [5.74, 6) is 1.08. The maximum atomic E-state index is 5.69. The van der Waals surface area contributed by atoms with Crippen molar-refractivity contribution in [3.63, 3.8) is 0 Å². The van der Waals surface area contributed by atoms with Crippen LogP contribution in [0.25, 0.3) is 0 Å². The minimum atomic E-state index is 0.534. The van der Waals surface area contributed by atoms with Gasteiger partial charge >= 0.3 is 0 Å². The molecule has 2 heterocycles. The number of ether oxygens (including phenoxy) is 1. The van der Waals surface area contributed by atoms with Gasteiger partial charge in [0.2, 0.25) is 0 Å². The Labute approximate surface area is 115 Å². The number of hydrogen-bond donors (Lipinski definition) is 1. The van der Waals surface area contributed by atoms with Crippen molar-refractivity contribution in [1.29, 1.82) is 0 Å². The fraction of sp³-hybridized carbons (Fsp3) is 0.733. The highest BCUT2D eigenvalue weighted by Crippen LogP contribution is 2.20. The normalized spacial score (nSPS) is 24.8. The first-order chi connectivity index (χ1) is 9.35. The number of nitrogens with one attached hydrogen (secondary N) is 1. The van der Waals surface area contributed by atoms with Gasteiger partial charge in [0, 0.05) is 30.7 Å². The molecule has 1 aromatic heterocycles. The van der Waals surface area contributed by atoms with Crippen molar-refractivity contribution in [1.82, 2.24) is 10.2 Å². The van der Waals surface area contributed by atoms with Crippen LogP contribution in [0, 0.1) is 0 Å². The third-order valence-electron chi connectivity index (χ3n) is 4.06. The fourth-order valence-electron chi connectivity index (χ4n) is 2.62. The molecular formula is C15H24N2O2. The molecule has 4 heteroatoms. The van der Waals surface area contributed by atoms with Crippen LogP contribution in [-0.4, -0.2) is 36.7 Å². The summed E-state index contributed by atoms with van der Waals surface area (Å²) in [4.78, 5) is 2.47. The quantitative estimate of drug-likeness (QED) is 0.854. The average Bonchev–Trinajstić information content (AvgIpc) is 3.17. The maximum Gasteiger partial charge on any atom is 0.118 e. The van der Waals surface area contributed by atoms with Crippen molar-refractivity contribution in [2.24, 2.45) is 0 Å². The lowest BCUT2D eigenvalue weighted by atomic mass is 10.1. The Morgan fingerprint density at radius 1 is 1.42 bits per heavy atom. The summed E-state index contributed by atoms with van der Waals surface area (Å²) in [5, 5.41) is 3.52. The Hall–Kier alpha value is -0.840. The van der Waals surface area contributed by atoms with Crippen LogP contribution in [0.15, 0.2) is 16.7 Å². The summed E-state index contributed by atoms with van der Waals surface area (Å²) in [6.07, 6.45) is 5.69. The number of morpholine rings is 1. The van der Waals surface area contributed by atoms with Gasteiger partial charge in [-0.05, 0) is 25.3 Å². The summed E-state index contributed by atoms with van der Waals surface area (Å²) < 4.78 is 11.2. The highest BCUT2D eigenvalue weighted by atomic mass is 16.5. The Balaban J connectivity index is 1.52. The Morgan fingerprint density at radius 3 is 3.11 bits per heavy atom. The molecule has 1 aromatic rings. The van der Waals surface area contributed by atoms with Crippen molar-refractivity contribution in [3.05, 3.63) is 23.7 Å². The van der Waals surface area contributed by atoms with E-state index in [0.717, 1.165) is 51.1 Å². The maximum absolute atomic E-state index is 5.69. The lowest BCUT2D eigenvalue weighted by Gasteiger charge is -2.34. The van der Waals surface area contributed by atoms with Crippen molar-refractivity contribution >= 4 is 0 Å². The molecule has 1 atom stereocenters. The van der Waals surface area contributed by atoms with Gasteiger partial charge in [-0.3, -0.25) is 4.90 Å². The minimum absolute atomic E-state index is 0.534. The van der Waals surface area contributed by atoms with Crippen LogP contribution in [0.2, 0.25) is 0 Å². The molecule has 1 saturated carbocycles. The molecule has 0 amide bonds. The molecule has 2 fully saturated rings. The third kappa shape index (κ3) is 3.59. The number of furan rings is 1. The number of hydrogen-bond acceptors (Lipinski definition) is 4. The average molecular weight is 264 g/mol. The van der Waals surface area contributed by atoms with Crippen LogP contribution >= 0.6 is 0 Å². The lowest BCUT2D eigenvalue weighted by Crippen LogP contribution is -2.44. The van der Waals surface area contributed by atoms with E-state index in [1.54, 1.807) is 0 Å². The summed E-state index contributed by atoms with van der Waals surface area (Å²) in [6, 6.07) is 3.48. The zero-order valence-electron chi connectivity index (χ0n) is 11.7. The molecule has 19 heavy (non-hydrogen) atoms. The Kier molecular flexibility index (Phi) is 4.21. The van der Waals surface area contributed by atoms with Crippen LogP contribution in [0.3, 0.4) is 0 Å². The minimum Gasteiger partial charge on any atom is -0.468 e. The molecule has 0 bridgehead atoms. The standard InChI is InChI=1S/C15H24N2O2/c1-2-14-11-18-6-5-17(14)9-15-7-12(10-19-15)8-16-13-3-4-13/h7,10,13-14,16H,2-6,8-9,11H2,1H3. The molecule has 1 aliphatic heterocycles. The smallest absolute Gasteiger partial charge is 0.118 e. The topological polar surface area (TPSA) is 37.6 Å². The number of nitrogens with zero attached hydrogens (tertiary/aromatic N) is 1. The van der Waals surface area contributed by atoms with Gasteiger partial charge in [0.05, 0.1) is 26.0 Å². The predicted octanol–water partition coefficient (Wildman–Crippen LogP) is 2.14. The molecule has 3 rings (SSSR count). The second-order valence-electron chi connectivity index (χ2n) is 5.68. The van der Waals surface area contributed by atoms with Gasteiger partial charge in [-0.25, -0.2) is 0 Å². The molecule has 0 radical (unpaired) electrons. The monoisotopic (exact) mass is 264 g/mol. The van der Waals surface area contributed by atoms with Crippen molar-refractivity contribution < 1.29 is 9.15 Å². The van der Waals surface area contributed by atoms with E-state index in [9.17, 15) is 0 Å². The molecule has 0 spiro atoms. The summed E-state index contributed by atoms with van der Waals surface area (Å²) >= 11 is 0. The van der Waals surface area contributed by atoms with Crippen LogP contribution < -0.4 is 5.32 Å². The van der Waals surface area contributed by atoms with Gasteiger partial charge in [-0.15, -0.1) is 0 Å². The van der Waals surface area contributed by atoms with Gasteiger partial charge in [-0.1, -0.05) is 6.92 Å². The van der Waals surface area contributed by atoms with Crippen LogP contribution in [0.5, 0.6) is 0 Å². The first-order valence-corrected chi connectivity index (χ1v) is 7.46. The lowest BCUT2D eigenvalue weighted by molar-refractivity contribution is -0.0153. The van der Waals surface area contributed by atoms with Crippen molar-refractivity contribution in [2.75, 3.05) is 19.8 Å². The Morgan fingerprint density at radius 2 is 2.32 bits per heavy atom. The van der Waals surface area contributed by atoms with E-state index in [-0.39, 0.29) is 0 Å². The van der Waals surface area contributed by atoms with Gasteiger partial charge < -0.3 is 14.5 Å². The highest BCUT2D eigenvalue weighted by Gasteiger charge is 2.23. The first kappa shape index (κ1) is 13.2. The van der Waals surface area contributed by atoms with Gasteiger partial charge in [0.15, 0.2) is 0 Å². The van der Waals surface area contributed by atoms with Crippen LogP contribution in [0.4, 0.5) is 0 Å². The van der Waals surface area contributed by atoms with Crippen molar-refractivity contribution in [3.8, 4) is 0 Å². The van der Waals surface area contributed by atoms with Gasteiger partial charge in [0.1, 0.15) is 5.76 Å². The van der Waals surface area contributed by atoms with Crippen LogP contribution in [-0.2, 0) is 17.8 Å². The highest BCUT2D eigenvalue weighted by molar-refractivity contribution is 5.13. The molecular weight excluding hydrogens is 240 g/mol. The second-order valence-corrected chi connectivity index (χ2v) is 5.68. The molecule has 1 aliphatic carbocycles. The zero-order chi connectivity index (χ0) is 13.1. The largest absolute Gasteiger partial charge is 0.468 e. The summed E-state index contributed by atoms with van der Waals surface area (Å²) in [5.41, 5.74) is 1.27. The van der Waals surface area contributed by atoms with Crippen LogP contribution in [0.1, 0.15) is 37.5 Å². The molecule has 106 valence electrons. The van der Waals surface area contributed by atoms with Crippen molar-refractivity contribution in [2.45, 2.75) is 51.4 Å². The number of rotatable bonds is 6. The molecule has 1 N–H and O–H groups in total. The molecule has 2 aliphatic rings. The van der Waals surface area contributed by atoms with E-state index in [2.05, 4.69) is 23.2 Å². The van der Waals surface area contributed by atoms with Gasteiger partial charge in [0.25, 0.3) is 0 Å². The SMILES string of the molecule is CCC1COCCN1Cc1cc(CNC2CC2)co1. The van der Waals surface area contributed by atoms with Gasteiger partial charge in [-0.2, -0.15) is 0 Å². The first-order valence-electron chi connectivity index (χ1n) is 7.46. The predicted molar refractivity (Wildman–Crippen MR) is 73.9 cm³/mol. The second kappa shape index (κ2) is 6.07.